The summed E-state index contributed by atoms with van der Waals surface area (Å²) in [4.78, 5) is 35.4. The van der Waals surface area contributed by atoms with Gasteiger partial charge in [-0.1, -0.05) is 33.1 Å². The van der Waals surface area contributed by atoms with Gasteiger partial charge in [-0.25, -0.2) is 4.79 Å². The maximum Gasteiger partial charge on any atom is 0.330 e. The quantitative estimate of drug-likeness (QED) is 0.736. The Kier molecular flexibility index (Phi) is 7.51. The lowest BCUT2D eigenvalue weighted by atomic mass is 9.99. The molecule has 1 unspecified atom stereocenters. The monoisotopic (exact) mass is 321 g/mol. The number of carbonyl (C=O) groups is 1. The van der Waals surface area contributed by atoms with Gasteiger partial charge in [0.2, 0.25) is 5.91 Å². The van der Waals surface area contributed by atoms with Gasteiger partial charge in [-0.15, -0.1) is 0 Å². The van der Waals surface area contributed by atoms with E-state index in [-0.39, 0.29) is 5.91 Å². The van der Waals surface area contributed by atoms with Crippen LogP contribution in [0, 0.1) is 5.92 Å². The lowest BCUT2D eigenvalue weighted by Crippen LogP contribution is -2.37. The Balaban J connectivity index is 2.69. The number of unbranched alkanes of at least 4 members (excludes halogenated alkanes) is 1. The number of aromatic nitrogens is 2. The van der Waals surface area contributed by atoms with Gasteiger partial charge in [0.15, 0.2) is 0 Å². The SMILES string of the molecule is CCCCC(CC)CNC(=O)/C=C/c1cn(C)c(=O)n(C)c1=O. The largest absolute Gasteiger partial charge is 0.352 e. The van der Waals surface area contributed by atoms with Gasteiger partial charge in [-0.05, 0) is 18.4 Å². The third-order valence-electron chi connectivity index (χ3n) is 4.00. The number of carbonyl (C=O) groups excluding carboxylic acids is 1. The van der Waals surface area contributed by atoms with Gasteiger partial charge in [-0.2, -0.15) is 0 Å². The van der Waals surface area contributed by atoms with Gasteiger partial charge in [0.1, 0.15) is 0 Å². The summed E-state index contributed by atoms with van der Waals surface area (Å²) in [5, 5.41) is 2.87. The highest BCUT2D eigenvalue weighted by Crippen LogP contribution is 2.11. The van der Waals surface area contributed by atoms with Crippen molar-refractivity contribution in [2.75, 3.05) is 6.54 Å². The predicted molar refractivity (Wildman–Crippen MR) is 92.3 cm³/mol. The van der Waals surface area contributed by atoms with E-state index in [9.17, 15) is 14.4 Å². The molecule has 0 radical (unpaired) electrons. The van der Waals surface area contributed by atoms with E-state index < -0.39 is 11.2 Å². The van der Waals surface area contributed by atoms with E-state index in [0.717, 1.165) is 30.3 Å². The number of hydrogen-bond donors (Lipinski definition) is 1. The van der Waals surface area contributed by atoms with E-state index >= 15 is 0 Å². The van der Waals surface area contributed by atoms with Crippen molar-refractivity contribution in [2.24, 2.45) is 20.0 Å². The first-order chi connectivity index (χ1) is 10.9. The second-order valence-corrected chi connectivity index (χ2v) is 5.84. The fourth-order valence-corrected chi connectivity index (χ4v) is 2.36. The molecule has 0 spiro atoms. The highest BCUT2D eigenvalue weighted by atomic mass is 16.2. The molecular formula is C17H27N3O3. The Morgan fingerprint density at radius 1 is 1.30 bits per heavy atom. The van der Waals surface area contributed by atoms with Gasteiger partial charge in [0.25, 0.3) is 5.56 Å². The van der Waals surface area contributed by atoms with E-state index in [1.807, 2.05) is 0 Å². The van der Waals surface area contributed by atoms with Gasteiger partial charge in [0, 0.05) is 32.9 Å². The van der Waals surface area contributed by atoms with Crippen molar-refractivity contribution in [3.05, 3.63) is 38.7 Å². The van der Waals surface area contributed by atoms with Crippen molar-refractivity contribution in [2.45, 2.75) is 39.5 Å². The molecule has 0 saturated carbocycles. The average Bonchev–Trinajstić information content (AvgIpc) is 2.55. The molecule has 0 saturated heterocycles. The number of amides is 1. The second-order valence-electron chi connectivity index (χ2n) is 5.84. The highest BCUT2D eigenvalue weighted by Gasteiger charge is 2.07. The molecule has 1 aromatic rings. The lowest BCUT2D eigenvalue weighted by Gasteiger charge is -2.14. The zero-order chi connectivity index (χ0) is 17.4. The summed E-state index contributed by atoms with van der Waals surface area (Å²) in [6.07, 6.45) is 8.69. The molecule has 1 amide bonds. The zero-order valence-electron chi connectivity index (χ0n) is 14.5. The van der Waals surface area contributed by atoms with E-state index in [2.05, 4.69) is 19.2 Å². The fourth-order valence-electron chi connectivity index (χ4n) is 2.36. The molecule has 0 aliphatic heterocycles. The Bertz CT molecular complexity index is 671. The first-order valence-electron chi connectivity index (χ1n) is 8.13. The average molecular weight is 321 g/mol. The van der Waals surface area contributed by atoms with E-state index in [0.29, 0.717) is 18.0 Å². The summed E-state index contributed by atoms with van der Waals surface area (Å²) in [6, 6.07) is 0. The minimum atomic E-state index is -0.411. The summed E-state index contributed by atoms with van der Waals surface area (Å²) in [5.74, 6) is 0.258. The summed E-state index contributed by atoms with van der Waals surface area (Å²) < 4.78 is 2.34. The zero-order valence-corrected chi connectivity index (χ0v) is 14.5. The maximum absolute atomic E-state index is 12.0. The van der Waals surface area contributed by atoms with Crippen LogP contribution in [-0.4, -0.2) is 21.6 Å². The Hall–Kier alpha value is -2.11. The smallest absolute Gasteiger partial charge is 0.330 e. The van der Waals surface area contributed by atoms with Crippen LogP contribution in [0.4, 0.5) is 0 Å². The molecule has 1 N–H and O–H groups in total. The number of nitrogens with one attached hydrogen (secondary N) is 1. The van der Waals surface area contributed by atoms with Gasteiger partial charge in [-0.3, -0.25) is 14.2 Å². The third-order valence-corrected chi connectivity index (χ3v) is 4.00. The van der Waals surface area contributed by atoms with Crippen LogP contribution >= 0.6 is 0 Å². The molecule has 0 aromatic carbocycles. The van der Waals surface area contributed by atoms with Gasteiger partial charge >= 0.3 is 5.69 Å². The van der Waals surface area contributed by atoms with Crippen LogP contribution in [0.5, 0.6) is 0 Å². The van der Waals surface area contributed by atoms with Crippen molar-refractivity contribution in [1.29, 1.82) is 0 Å². The molecule has 0 aliphatic carbocycles. The minimum absolute atomic E-state index is 0.226. The summed E-state index contributed by atoms with van der Waals surface area (Å²) in [7, 11) is 2.99. The van der Waals surface area contributed by atoms with Crippen LogP contribution in [0.1, 0.15) is 45.1 Å². The minimum Gasteiger partial charge on any atom is -0.352 e. The molecule has 1 aromatic heterocycles. The summed E-state index contributed by atoms with van der Waals surface area (Å²) in [5.41, 5.74) is -0.493. The van der Waals surface area contributed by atoms with E-state index in [1.54, 1.807) is 7.05 Å². The molecule has 23 heavy (non-hydrogen) atoms. The van der Waals surface area contributed by atoms with Crippen LogP contribution in [0.3, 0.4) is 0 Å². The number of hydrogen-bond acceptors (Lipinski definition) is 3. The van der Waals surface area contributed by atoms with Crippen LogP contribution < -0.4 is 16.6 Å². The molecule has 0 bridgehead atoms. The third kappa shape index (κ3) is 5.54. The molecule has 1 heterocycles. The predicted octanol–water partition coefficient (Wildman–Crippen LogP) is 1.43. The summed E-state index contributed by atoms with van der Waals surface area (Å²) in [6.45, 7) is 4.92. The van der Waals surface area contributed by atoms with Crippen molar-refractivity contribution >= 4 is 12.0 Å². The normalized spacial score (nSPS) is 12.5. The summed E-state index contributed by atoms with van der Waals surface area (Å²) >= 11 is 0. The molecule has 1 rings (SSSR count). The van der Waals surface area contributed by atoms with Crippen molar-refractivity contribution in [3.8, 4) is 0 Å². The number of nitrogens with zero attached hydrogens (tertiary/aromatic N) is 2. The number of aryl methyl sites for hydroxylation is 1. The molecule has 6 heteroatoms. The van der Waals surface area contributed by atoms with Crippen LogP contribution in [0.2, 0.25) is 0 Å². The molecule has 6 nitrogen and oxygen atoms in total. The number of rotatable bonds is 8. The molecule has 128 valence electrons. The standard InChI is InChI=1S/C17H27N3O3/c1-5-7-8-13(6-2)11-18-15(21)10-9-14-12-19(3)17(23)20(4)16(14)22/h9-10,12-13H,5-8,11H2,1-4H3,(H,18,21)/b10-9+. The Morgan fingerprint density at radius 2 is 2.00 bits per heavy atom. The van der Waals surface area contributed by atoms with Crippen LogP contribution in [0.15, 0.2) is 21.9 Å². The first-order valence-corrected chi connectivity index (χ1v) is 8.13. The van der Waals surface area contributed by atoms with Crippen LogP contribution in [-0.2, 0) is 18.9 Å². The molecule has 0 fully saturated rings. The van der Waals surface area contributed by atoms with Gasteiger partial charge in [0.05, 0.1) is 5.56 Å². The maximum atomic E-state index is 12.0. The Labute approximate surface area is 136 Å². The lowest BCUT2D eigenvalue weighted by molar-refractivity contribution is -0.116. The van der Waals surface area contributed by atoms with Crippen molar-refractivity contribution in [1.82, 2.24) is 14.5 Å². The van der Waals surface area contributed by atoms with Crippen molar-refractivity contribution in [3.63, 3.8) is 0 Å². The molecule has 0 aliphatic rings. The van der Waals surface area contributed by atoms with Crippen molar-refractivity contribution < 1.29 is 4.79 Å². The first kappa shape index (κ1) is 18.9. The van der Waals surface area contributed by atoms with E-state index in [4.69, 9.17) is 0 Å². The van der Waals surface area contributed by atoms with Crippen LogP contribution in [0.25, 0.3) is 6.08 Å². The second kappa shape index (κ2) is 9.12. The van der Waals surface area contributed by atoms with Gasteiger partial charge < -0.3 is 9.88 Å². The topological polar surface area (TPSA) is 73.1 Å². The molecular weight excluding hydrogens is 294 g/mol. The highest BCUT2D eigenvalue weighted by molar-refractivity contribution is 5.91. The fraction of sp³-hybridized carbons (Fsp3) is 0.588. The van der Waals surface area contributed by atoms with E-state index in [1.165, 1.54) is 30.0 Å². The molecule has 1 atom stereocenters. The Morgan fingerprint density at radius 3 is 2.61 bits per heavy atom.